The van der Waals surface area contributed by atoms with Crippen molar-refractivity contribution in [3.63, 3.8) is 0 Å². The molecule has 0 aliphatic carbocycles. The molecule has 1 N–H and O–H groups in total. The van der Waals surface area contributed by atoms with E-state index in [2.05, 4.69) is 19.2 Å². The number of hydrogen-bond acceptors (Lipinski definition) is 5. The van der Waals surface area contributed by atoms with E-state index in [1.807, 2.05) is 18.9 Å². The maximum Gasteiger partial charge on any atom is 0.344 e. The van der Waals surface area contributed by atoms with E-state index in [-0.39, 0.29) is 12.2 Å². The molecule has 0 saturated heterocycles. The smallest absolute Gasteiger partial charge is 0.344 e. The monoisotopic (exact) mass is 729 g/mol. The van der Waals surface area contributed by atoms with Crippen molar-refractivity contribution in [2.75, 3.05) is 39.6 Å². The largest absolute Gasteiger partial charge is 0.356 e. The molecule has 0 aromatic rings. The second kappa shape index (κ2) is 39.8. The highest BCUT2D eigenvalue weighted by molar-refractivity contribution is 7.53. The van der Waals surface area contributed by atoms with Crippen molar-refractivity contribution < 1.29 is 18.4 Å². The second-order valence-corrected chi connectivity index (χ2v) is 17.3. The molecule has 0 heterocycles. The van der Waals surface area contributed by atoms with Crippen LogP contribution in [0.15, 0.2) is 0 Å². The summed E-state index contributed by atoms with van der Waals surface area (Å²) in [5.41, 5.74) is 0. The minimum atomic E-state index is -3.24. The van der Waals surface area contributed by atoms with E-state index in [0.29, 0.717) is 32.7 Å². The van der Waals surface area contributed by atoms with E-state index in [1.54, 1.807) is 0 Å². The highest BCUT2D eigenvalue weighted by Crippen LogP contribution is 2.49. The van der Waals surface area contributed by atoms with Crippen LogP contribution in [0.4, 0.5) is 0 Å². The first kappa shape index (κ1) is 49.6. The number of unbranched alkanes of at least 4 members (excludes halogenated alkanes) is 30. The SMILES string of the molecule is CCCCCCCCCCCCCCCCCCOP(=O)(CN(C)CCC(=O)NCC)OCCCCCCCCCCCCCCCCCC. The van der Waals surface area contributed by atoms with E-state index >= 15 is 0 Å². The van der Waals surface area contributed by atoms with Gasteiger partial charge in [-0.25, -0.2) is 0 Å². The van der Waals surface area contributed by atoms with Gasteiger partial charge in [-0.1, -0.05) is 206 Å². The van der Waals surface area contributed by atoms with Crippen LogP contribution in [0.2, 0.25) is 0 Å². The Morgan fingerprint density at radius 2 is 0.760 bits per heavy atom. The van der Waals surface area contributed by atoms with Gasteiger partial charge in [-0.3, -0.25) is 14.3 Å². The number of carbonyl (C=O) groups excluding carboxylic acids is 1. The molecule has 7 heteroatoms. The average Bonchev–Trinajstić information content (AvgIpc) is 3.10. The number of nitrogens with one attached hydrogen (secondary N) is 1. The van der Waals surface area contributed by atoms with E-state index in [0.717, 1.165) is 25.7 Å². The fraction of sp³-hybridized carbons (Fsp3) is 0.977. The van der Waals surface area contributed by atoms with Gasteiger partial charge in [0.2, 0.25) is 5.91 Å². The van der Waals surface area contributed by atoms with Crippen LogP contribution in [0.5, 0.6) is 0 Å². The normalized spacial score (nSPS) is 11.9. The maximum atomic E-state index is 13.7. The maximum absolute atomic E-state index is 13.7. The van der Waals surface area contributed by atoms with Gasteiger partial charge in [-0.15, -0.1) is 0 Å². The standard InChI is InChI=1S/C43H89N2O4P/c1-5-8-10-12-14-16-18-20-22-24-26-28-30-32-34-36-40-48-50(47,42-45(4)39-38-43(46)44-7-3)49-41-37-35-33-31-29-27-25-23-21-19-17-15-13-11-9-6-2/h5-42H2,1-4H3,(H,44,46). The predicted octanol–water partition coefficient (Wildman–Crippen LogP) is 14.2. The molecular formula is C43H89N2O4P. The summed E-state index contributed by atoms with van der Waals surface area (Å²) in [4.78, 5) is 13.9. The minimum Gasteiger partial charge on any atom is -0.356 e. The molecular weight excluding hydrogens is 639 g/mol. The fourth-order valence-corrected chi connectivity index (χ4v) is 8.56. The molecule has 0 rings (SSSR count). The van der Waals surface area contributed by atoms with Crippen molar-refractivity contribution in [2.45, 2.75) is 233 Å². The summed E-state index contributed by atoms with van der Waals surface area (Å²) < 4.78 is 25.7. The van der Waals surface area contributed by atoms with Gasteiger partial charge in [0.25, 0.3) is 0 Å². The van der Waals surface area contributed by atoms with Gasteiger partial charge in [0.1, 0.15) is 6.29 Å². The van der Waals surface area contributed by atoms with Gasteiger partial charge < -0.3 is 14.4 Å². The quantitative estimate of drug-likeness (QED) is 0.0501. The van der Waals surface area contributed by atoms with Crippen LogP contribution >= 0.6 is 7.60 Å². The highest BCUT2D eigenvalue weighted by Gasteiger charge is 2.26. The third kappa shape index (κ3) is 37.3. The lowest BCUT2D eigenvalue weighted by atomic mass is 10.0. The first-order chi connectivity index (χ1) is 24.5. The molecule has 0 aromatic heterocycles. The van der Waals surface area contributed by atoms with E-state index in [1.165, 1.54) is 180 Å². The number of amides is 1. The minimum absolute atomic E-state index is 0.0253. The molecule has 0 bridgehead atoms. The first-order valence-corrected chi connectivity index (χ1v) is 24.0. The summed E-state index contributed by atoms with van der Waals surface area (Å²) in [7, 11) is -1.33. The highest BCUT2D eigenvalue weighted by atomic mass is 31.2. The van der Waals surface area contributed by atoms with Crippen molar-refractivity contribution in [1.29, 1.82) is 0 Å². The van der Waals surface area contributed by atoms with Gasteiger partial charge in [-0.05, 0) is 26.8 Å². The Kier molecular flexibility index (Phi) is 39.4. The van der Waals surface area contributed by atoms with Crippen LogP contribution in [0.1, 0.15) is 233 Å². The van der Waals surface area contributed by atoms with Gasteiger partial charge in [0.15, 0.2) is 0 Å². The third-order valence-corrected chi connectivity index (χ3v) is 12.1. The molecule has 0 aromatic carbocycles. The van der Waals surface area contributed by atoms with Crippen LogP contribution in [0.3, 0.4) is 0 Å². The van der Waals surface area contributed by atoms with Crippen LogP contribution in [0, 0.1) is 0 Å². The summed E-state index contributed by atoms with van der Waals surface area (Å²) in [6.07, 6.45) is 43.2. The third-order valence-electron chi connectivity index (χ3n) is 10.1. The molecule has 0 radical (unpaired) electrons. The lowest BCUT2D eigenvalue weighted by Crippen LogP contribution is -2.29. The number of hydrogen-bond donors (Lipinski definition) is 1. The molecule has 300 valence electrons. The van der Waals surface area contributed by atoms with Crippen molar-refractivity contribution in [1.82, 2.24) is 10.2 Å². The molecule has 0 aliphatic heterocycles. The van der Waals surface area contributed by atoms with E-state index in [9.17, 15) is 9.36 Å². The molecule has 0 spiro atoms. The Bertz CT molecular complexity index is 696. The average molecular weight is 729 g/mol. The van der Waals surface area contributed by atoms with Crippen molar-refractivity contribution in [3.8, 4) is 0 Å². The Balaban J connectivity index is 4.05. The molecule has 0 aliphatic rings. The van der Waals surface area contributed by atoms with Crippen molar-refractivity contribution >= 4 is 13.5 Å². The Hall–Kier alpha value is -0.420. The van der Waals surface area contributed by atoms with E-state index in [4.69, 9.17) is 9.05 Å². The van der Waals surface area contributed by atoms with Gasteiger partial charge in [0.05, 0.1) is 13.2 Å². The summed E-state index contributed by atoms with van der Waals surface area (Å²) in [6.45, 7) is 8.64. The zero-order valence-electron chi connectivity index (χ0n) is 34.4. The number of carbonyl (C=O) groups is 1. The zero-order valence-corrected chi connectivity index (χ0v) is 35.3. The van der Waals surface area contributed by atoms with Crippen LogP contribution in [0.25, 0.3) is 0 Å². The van der Waals surface area contributed by atoms with Crippen LogP contribution < -0.4 is 5.32 Å². The Morgan fingerprint density at radius 1 is 0.480 bits per heavy atom. The van der Waals surface area contributed by atoms with Crippen molar-refractivity contribution in [3.05, 3.63) is 0 Å². The molecule has 0 saturated carbocycles. The Morgan fingerprint density at radius 3 is 1.04 bits per heavy atom. The molecule has 50 heavy (non-hydrogen) atoms. The molecule has 0 unspecified atom stereocenters. The second-order valence-electron chi connectivity index (χ2n) is 15.3. The summed E-state index contributed by atoms with van der Waals surface area (Å²) in [5.74, 6) is 0.0253. The number of rotatable bonds is 42. The topological polar surface area (TPSA) is 67.9 Å². The lowest BCUT2D eigenvalue weighted by Gasteiger charge is -2.24. The lowest BCUT2D eigenvalue weighted by molar-refractivity contribution is -0.121. The van der Waals surface area contributed by atoms with Gasteiger partial charge in [0, 0.05) is 19.5 Å². The van der Waals surface area contributed by atoms with E-state index < -0.39 is 7.60 Å². The Labute approximate surface area is 313 Å². The first-order valence-electron chi connectivity index (χ1n) is 22.3. The molecule has 0 atom stereocenters. The molecule has 6 nitrogen and oxygen atoms in total. The summed E-state index contributed by atoms with van der Waals surface area (Å²) in [6, 6.07) is 0. The summed E-state index contributed by atoms with van der Waals surface area (Å²) >= 11 is 0. The van der Waals surface area contributed by atoms with Crippen LogP contribution in [-0.2, 0) is 18.4 Å². The van der Waals surface area contributed by atoms with Gasteiger partial charge >= 0.3 is 7.60 Å². The number of nitrogens with zero attached hydrogens (tertiary/aromatic N) is 1. The molecule has 1 amide bonds. The molecule has 0 fully saturated rings. The van der Waals surface area contributed by atoms with Crippen LogP contribution in [-0.4, -0.2) is 50.4 Å². The fourth-order valence-electron chi connectivity index (χ4n) is 6.77. The predicted molar refractivity (Wildman–Crippen MR) is 219 cm³/mol. The van der Waals surface area contributed by atoms with Crippen molar-refractivity contribution in [2.24, 2.45) is 0 Å². The zero-order chi connectivity index (χ0) is 36.6. The van der Waals surface area contributed by atoms with Gasteiger partial charge in [-0.2, -0.15) is 0 Å². The summed E-state index contributed by atoms with van der Waals surface area (Å²) in [5, 5.41) is 2.84.